The maximum absolute atomic E-state index is 12.8. The van der Waals surface area contributed by atoms with E-state index >= 15 is 0 Å². The number of benzene rings is 1. The fourth-order valence-corrected chi connectivity index (χ4v) is 3.14. The Bertz CT molecular complexity index is 726. The number of aliphatic hydroxyl groups is 1. The molecule has 0 fully saturated rings. The van der Waals surface area contributed by atoms with Gasteiger partial charge in [0.2, 0.25) is 5.89 Å². The summed E-state index contributed by atoms with van der Waals surface area (Å²) in [5.74, 6) is -0.925. The van der Waals surface area contributed by atoms with Gasteiger partial charge in [0.05, 0.1) is 11.9 Å². The highest BCUT2D eigenvalue weighted by atomic mass is 32.2. The normalized spacial score (nSPS) is 13.5. The number of rotatable bonds is 6. The van der Waals surface area contributed by atoms with Crippen LogP contribution >= 0.6 is 0 Å². The van der Waals surface area contributed by atoms with E-state index in [0.717, 1.165) is 0 Å². The molecule has 0 spiro atoms. The molecular weight excluding hydrogens is 311 g/mol. The van der Waals surface area contributed by atoms with Gasteiger partial charge in [0.15, 0.2) is 15.7 Å². The molecule has 120 valence electrons. The van der Waals surface area contributed by atoms with Gasteiger partial charge in [0.1, 0.15) is 11.6 Å². The van der Waals surface area contributed by atoms with Crippen molar-refractivity contribution in [1.82, 2.24) is 10.1 Å². The molecule has 1 N–H and O–H groups in total. The van der Waals surface area contributed by atoms with E-state index in [-0.39, 0.29) is 11.7 Å². The van der Waals surface area contributed by atoms with E-state index in [1.54, 1.807) is 0 Å². The molecular formula is C14H17FN2O4S. The Morgan fingerprint density at radius 1 is 1.27 bits per heavy atom. The lowest BCUT2D eigenvalue weighted by Crippen LogP contribution is -2.17. The van der Waals surface area contributed by atoms with Crippen molar-refractivity contribution in [3.63, 3.8) is 0 Å². The van der Waals surface area contributed by atoms with E-state index in [1.807, 2.05) is 13.8 Å². The Morgan fingerprint density at radius 3 is 2.45 bits per heavy atom. The quantitative estimate of drug-likeness (QED) is 0.871. The van der Waals surface area contributed by atoms with Crippen LogP contribution < -0.4 is 0 Å². The second-order valence-electron chi connectivity index (χ2n) is 5.33. The first-order valence-corrected chi connectivity index (χ1v) is 8.55. The Morgan fingerprint density at radius 2 is 1.91 bits per heavy atom. The standard InChI is InChI=1S/C14H17FN2O4S/c1-9(2)14-16-13(17-21-14)8-22(19,20)7-12(18)10-3-5-11(15)6-4-10/h3-6,9,12,18H,7-8H2,1-2H3. The topological polar surface area (TPSA) is 93.3 Å². The molecule has 0 aliphatic heterocycles. The predicted molar refractivity (Wildman–Crippen MR) is 77.2 cm³/mol. The third kappa shape index (κ3) is 4.35. The summed E-state index contributed by atoms with van der Waals surface area (Å²) in [6, 6.07) is 5.03. The maximum atomic E-state index is 12.8. The molecule has 0 aliphatic rings. The number of hydrogen-bond acceptors (Lipinski definition) is 6. The molecule has 0 saturated heterocycles. The van der Waals surface area contributed by atoms with Crippen LogP contribution in [0.2, 0.25) is 0 Å². The Kier molecular flexibility index (Phi) is 4.92. The number of nitrogens with zero attached hydrogens (tertiary/aromatic N) is 2. The second-order valence-corrected chi connectivity index (χ2v) is 7.43. The summed E-state index contributed by atoms with van der Waals surface area (Å²) in [5.41, 5.74) is 0.334. The van der Waals surface area contributed by atoms with Gasteiger partial charge in [0, 0.05) is 5.92 Å². The Hall–Kier alpha value is -1.80. The smallest absolute Gasteiger partial charge is 0.229 e. The maximum Gasteiger partial charge on any atom is 0.229 e. The van der Waals surface area contributed by atoms with Gasteiger partial charge in [-0.25, -0.2) is 12.8 Å². The number of hydrogen-bond donors (Lipinski definition) is 1. The van der Waals surface area contributed by atoms with Gasteiger partial charge in [-0.15, -0.1) is 0 Å². The molecule has 2 rings (SSSR count). The third-order valence-corrected chi connectivity index (χ3v) is 4.51. The van der Waals surface area contributed by atoms with Crippen molar-refractivity contribution < 1.29 is 22.4 Å². The molecule has 1 aromatic carbocycles. The number of sulfone groups is 1. The molecule has 1 atom stereocenters. The Balaban J connectivity index is 2.05. The van der Waals surface area contributed by atoms with Gasteiger partial charge in [-0.1, -0.05) is 31.1 Å². The zero-order valence-corrected chi connectivity index (χ0v) is 13.0. The highest BCUT2D eigenvalue weighted by Gasteiger charge is 2.22. The average molecular weight is 328 g/mol. The zero-order valence-electron chi connectivity index (χ0n) is 12.2. The highest BCUT2D eigenvalue weighted by Crippen LogP contribution is 2.18. The van der Waals surface area contributed by atoms with Crippen LogP contribution in [0.25, 0.3) is 0 Å². The molecule has 0 saturated carbocycles. The van der Waals surface area contributed by atoms with Gasteiger partial charge in [-0.2, -0.15) is 4.98 Å². The monoisotopic (exact) mass is 328 g/mol. The lowest BCUT2D eigenvalue weighted by atomic mass is 10.1. The highest BCUT2D eigenvalue weighted by molar-refractivity contribution is 7.90. The van der Waals surface area contributed by atoms with Gasteiger partial charge in [-0.3, -0.25) is 0 Å². The first-order valence-electron chi connectivity index (χ1n) is 6.73. The Labute approximate surface area is 127 Å². The van der Waals surface area contributed by atoms with Crippen LogP contribution in [0.4, 0.5) is 4.39 Å². The van der Waals surface area contributed by atoms with Gasteiger partial charge in [-0.05, 0) is 17.7 Å². The summed E-state index contributed by atoms with van der Waals surface area (Å²) >= 11 is 0. The zero-order chi connectivity index (χ0) is 16.3. The largest absolute Gasteiger partial charge is 0.387 e. The third-order valence-electron chi connectivity index (χ3n) is 2.99. The van der Waals surface area contributed by atoms with E-state index in [9.17, 15) is 17.9 Å². The molecule has 0 bridgehead atoms. The summed E-state index contributed by atoms with van der Waals surface area (Å²) in [5, 5.41) is 13.6. The summed E-state index contributed by atoms with van der Waals surface area (Å²) in [6.07, 6.45) is -1.23. The lowest BCUT2D eigenvalue weighted by molar-refractivity contribution is 0.201. The number of aromatic nitrogens is 2. The minimum absolute atomic E-state index is 0.00811. The van der Waals surface area contributed by atoms with Crippen molar-refractivity contribution in [3.8, 4) is 0 Å². The van der Waals surface area contributed by atoms with Crippen molar-refractivity contribution in [3.05, 3.63) is 47.4 Å². The van der Waals surface area contributed by atoms with Crippen molar-refractivity contribution in [2.24, 2.45) is 0 Å². The molecule has 1 heterocycles. The van der Waals surface area contributed by atoms with Crippen molar-refractivity contribution in [2.45, 2.75) is 31.6 Å². The van der Waals surface area contributed by atoms with Gasteiger partial charge >= 0.3 is 0 Å². The van der Waals surface area contributed by atoms with Crippen LogP contribution in [0.1, 0.15) is 43.1 Å². The lowest BCUT2D eigenvalue weighted by Gasteiger charge is -2.10. The van der Waals surface area contributed by atoms with Crippen molar-refractivity contribution >= 4 is 9.84 Å². The average Bonchev–Trinajstić information content (AvgIpc) is 2.86. The fourth-order valence-electron chi connectivity index (χ4n) is 1.84. The SMILES string of the molecule is CC(C)c1nc(CS(=O)(=O)CC(O)c2ccc(F)cc2)no1. The van der Waals surface area contributed by atoms with E-state index in [1.165, 1.54) is 24.3 Å². The summed E-state index contributed by atoms with van der Waals surface area (Å²) < 4.78 is 41.9. The van der Waals surface area contributed by atoms with Crippen molar-refractivity contribution in [2.75, 3.05) is 5.75 Å². The summed E-state index contributed by atoms with van der Waals surface area (Å²) in [7, 11) is -3.63. The number of aliphatic hydroxyl groups excluding tert-OH is 1. The molecule has 8 heteroatoms. The molecule has 1 unspecified atom stereocenters. The molecule has 22 heavy (non-hydrogen) atoms. The fraction of sp³-hybridized carbons (Fsp3) is 0.429. The van der Waals surface area contributed by atoms with Crippen LogP contribution in [-0.4, -0.2) is 29.4 Å². The first-order chi connectivity index (χ1) is 10.3. The summed E-state index contributed by atoms with van der Waals surface area (Å²) in [6.45, 7) is 3.70. The first kappa shape index (κ1) is 16.6. The van der Waals surface area contributed by atoms with Crippen LogP contribution in [0.15, 0.2) is 28.8 Å². The molecule has 0 amide bonds. The van der Waals surface area contributed by atoms with Crippen LogP contribution in [0.3, 0.4) is 0 Å². The minimum atomic E-state index is -3.63. The molecule has 0 aliphatic carbocycles. The van der Waals surface area contributed by atoms with Crippen molar-refractivity contribution in [1.29, 1.82) is 0 Å². The van der Waals surface area contributed by atoms with E-state index in [0.29, 0.717) is 11.5 Å². The molecule has 2 aromatic rings. The van der Waals surface area contributed by atoms with Crippen LogP contribution in [0.5, 0.6) is 0 Å². The molecule has 6 nitrogen and oxygen atoms in total. The van der Waals surface area contributed by atoms with Crippen LogP contribution in [0, 0.1) is 5.82 Å². The van der Waals surface area contributed by atoms with Gasteiger partial charge < -0.3 is 9.63 Å². The number of halogens is 1. The van der Waals surface area contributed by atoms with E-state index < -0.39 is 33.3 Å². The predicted octanol–water partition coefficient (Wildman–Crippen LogP) is 1.98. The van der Waals surface area contributed by atoms with Crippen LogP contribution in [-0.2, 0) is 15.6 Å². The van der Waals surface area contributed by atoms with E-state index in [2.05, 4.69) is 10.1 Å². The van der Waals surface area contributed by atoms with Gasteiger partial charge in [0.25, 0.3) is 0 Å². The molecule has 0 radical (unpaired) electrons. The van der Waals surface area contributed by atoms with E-state index in [4.69, 9.17) is 4.52 Å². The summed E-state index contributed by atoms with van der Waals surface area (Å²) in [4.78, 5) is 4.00. The molecule has 1 aromatic heterocycles. The second kappa shape index (κ2) is 6.53. The minimum Gasteiger partial charge on any atom is -0.387 e.